The van der Waals surface area contributed by atoms with Crippen molar-refractivity contribution in [3.63, 3.8) is 0 Å². The normalized spacial score (nSPS) is 17.8. The highest BCUT2D eigenvalue weighted by Gasteiger charge is 2.38. The molecule has 0 unspecified atom stereocenters. The van der Waals surface area contributed by atoms with Crippen LogP contribution in [0.3, 0.4) is 0 Å². The summed E-state index contributed by atoms with van der Waals surface area (Å²) in [6.45, 7) is 9.40. The molecule has 0 aromatic rings. The third-order valence-corrected chi connectivity index (χ3v) is 6.27. The molecule has 1 heterocycles. The van der Waals surface area contributed by atoms with Gasteiger partial charge < -0.3 is 24.1 Å². The fourth-order valence-corrected chi connectivity index (χ4v) is 4.25. The van der Waals surface area contributed by atoms with Crippen molar-refractivity contribution < 1.29 is 28.8 Å². The Morgan fingerprint density at radius 1 is 0.941 bits per heavy atom. The Morgan fingerprint density at radius 3 is 2.09 bits per heavy atom. The van der Waals surface area contributed by atoms with Gasteiger partial charge in [-0.2, -0.15) is 0 Å². The molecule has 0 bridgehead atoms. The van der Waals surface area contributed by atoms with Gasteiger partial charge in [-0.05, 0) is 46.5 Å². The molecule has 1 fully saturated rings. The highest BCUT2D eigenvalue weighted by molar-refractivity contribution is 5.79. The number of esters is 1. The Morgan fingerprint density at radius 2 is 1.53 bits per heavy atom. The van der Waals surface area contributed by atoms with Gasteiger partial charge in [-0.3, -0.25) is 0 Å². The van der Waals surface area contributed by atoms with Crippen molar-refractivity contribution in [1.82, 2.24) is 0 Å². The van der Waals surface area contributed by atoms with E-state index in [9.17, 15) is 9.90 Å². The third-order valence-electron chi connectivity index (χ3n) is 6.27. The van der Waals surface area contributed by atoms with Crippen LogP contribution >= 0.6 is 0 Å². The fourth-order valence-electron chi connectivity index (χ4n) is 4.25. The molecule has 0 spiro atoms. The highest BCUT2D eigenvalue weighted by atomic mass is 16.7. The van der Waals surface area contributed by atoms with Gasteiger partial charge in [-0.15, -0.1) is 0 Å². The van der Waals surface area contributed by atoms with Crippen molar-refractivity contribution in [2.24, 2.45) is 0 Å². The molecule has 1 rings (SSSR count). The largest absolute Gasteiger partial charge is 0.458 e. The molecule has 6 nitrogen and oxygen atoms in total. The summed E-state index contributed by atoms with van der Waals surface area (Å²) >= 11 is 0. The van der Waals surface area contributed by atoms with Gasteiger partial charge in [0, 0.05) is 39.4 Å². The molecular formula is C28H52O6. The molecule has 0 aliphatic carbocycles. The summed E-state index contributed by atoms with van der Waals surface area (Å²) in [6, 6.07) is 0. The minimum Gasteiger partial charge on any atom is -0.458 e. The number of hydrogen-bond acceptors (Lipinski definition) is 6. The third kappa shape index (κ3) is 13.2. The molecule has 6 heteroatoms. The zero-order chi connectivity index (χ0) is 25.3. The lowest BCUT2D eigenvalue weighted by Gasteiger charge is -2.29. The molecule has 200 valence electrons. The van der Waals surface area contributed by atoms with Crippen LogP contribution in [0.4, 0.5) is 0 Å². The van der Waals surface area contributed by atoms with E-state index < -0.39 is 17.2 Å². The van der Waals surface area contributed by atoms with Crippen LogP contribution in [0.15, 0.2) is 12.2 Å². The molecule has 1 aliphatic heterocycles. The molecule has 0 aromatic heterocycles. The van der Waals surface area contributed by atoms with E-state index in [0.717, 1.165) is 58.2 Å². The van der Waals surface area contributed by atoms with E-state index in [1.165, 1.54) is 32.1 Å². The number of allylic oxidation sites excluding steroid dienone is 1. The van der Waals surface area contributed by atoms with E-state index in [0.29, 0.717) is 6.61 Å². The van der Waals surface area contributed by atoms with Crippen molar-refractivity contribution in [1.29, 1.82) is 0 Å². The molecule has 0 amide bonds. The summed E-state index contributed by atoms with van der Waals surface area (Å²) in [5.41, 5.74) is -2.18. The minimum atomic E-state index is -1.55. The lowest BCUT2D eigenvalue weighted by molar-refractivity contribution is -0.178. The molecule has 1 saturated heterocycles. The van der Waals surface area contributed by atoms with Gasteiger partial charge in [0.15, 0.2) is 11.4 Å². The fraction of sp³-hybridized carbons (Fsp3) is 0.893. The lowest BCUT2D eigenvalue weighted by atomic mass is 9.95. The second kappa shape index (κ2) is 16.7. The van der Waals surface area contributed by atoms with E-state index in [1.807, 2.05) is 6.08 Å². The Labute approximate surface area is 208 Å². The maximum atomic E-state index is 12.5. The summed E-state index contributed by atoms with van der Waals surface area (Å²) in [6.07, 6.45) is 18.2. The predicted octanol–water partition coefficient (Wildman–Crippen LogP) is 6.49. The maximum absolute atomic E-state index is 12.5. The molecule has 1 atom stereocenters. The number of hydrogen-bond donors (Lipinski definition) is 1. The number of carbonyl (C=O) groups is 1. The SMILES string of the molecule is CCCCCCCC1(CCCCCC/C=C/C[C@@](O)(CCOC)C(=O)OC(C)(C)C)OCCO1. The molecule has 1 N–H and O–H groups in total. The molecular weight excluding hydrogens is 432 g/mol. The number of rotatable bonds is 19. The number of carbonyl (C=O) groups excluding carboxylic acids is 1. The van der Waals surface area contributed by atoms with Crippen LogP contribution < -0.4 is 0 Å². The quantitative estimate of drug-likeness (QED) is 0.128. The van der Waals surface area contributed by atoms with Crippen LogP contribution in [0.25, 0.3) is 0 Å². The van der Waals surface area contributed by atoms with E-state index in [4.69, 9.17) is 18.9 Å². The second-order valence-electron chi connectivity index (χ2n) is 10.7. The second-order valence-corrected chi connectivity index (χ2v) is 10.7. The smallest absolute Gasteiger partial charge is 0.339 e. The van der Waals surface area contributed by atoms with Crippen molar-refractivity contribution >= 4 is 5.97 Å². The lowest BCUT2D eigenvalue weighted by Crippen LogP contribution is -2.44. The first-order chi connectivity index (χ1) is 16.2. The summed E-state index contributed by atoms with van der Waals surface area (Å²) in [7, 11) is 1.56. The minimum absolute atomic E-state index is 0.216. The summed E-state index contributed by atoms with van der Waals surface area (Å²) < 4.78 is 22.5. The van der Waals surface area contributed by atoms with Crippen LogP contribution in [-0.4, -0.2) is 55.0 Å². The monoisotopic (exact) mass is 484 g/mol. The summed E-state index contributed by atoms with van der Waals surface area (Å²) in [4.78, 5) is 12.5. The van der Waals surface area contributed by atoms with Gasteiger partial charge in [-0.25, -0.2) is 4.79 Å². The van der Waals surface area contributed by atoms with E-state index in [-0.39, 0.29) is 18.6 Å². The number of methoxy groups -OCH3 is 1. The Bertz CT molecular complexity index is 562. The van der Waals surface area contributed by atoms with Gasteiger partial charge in [0.2, 0.25) is 0 Å². The molecule has 0 saturated carbocycles. The Hall–Kier alpha value is -0.950. The molecule has 0 radical (unpaired) electrons. The van der Waals surface area contributed by atoms with Crippen molar-refractivity contribution in [3.8, 4) is 0 Å². The van der Waals surface area contributed by atoms with Gasteiger partial charge in [0.05, 0.1) is 13.2 Å². The van der Waals surface area contributed by atoms with Crippen LogP contribution in [0, 0.1) is 0 Å². The van der Waals surface area contributed by atoms with Crippen LogP contribution in [-0.2, 0) is 23.7 Å². The van der Waals surface area contributed by atoms with Crippen molar-refractivity contribution in [2.75, 3.05) is 26.9 Å². The van der Waals surface area contributed by atoms with E-state index in [2.05, 4.69) is 13.0 Å². The zero-order valence-electron chi connectivity index (χ0n) is 22.7. The first-order valence-electron chi connectivity index (χ1n) is 13.5. The predicted molar refractivity (Wildman–Crippen MR) is 137 cm³/mol. The van der Waals surface area contributed by atoms with Crippen LogP contribution in [0.1, 0.15) is 118 Å². The standard InChI is InChI=1S/C28H52O6/c1-6-7-8-12-16-19-28(32-23-24-33-28)20-17-14-11-9-10-13-15-18-27(30,21-22-31-5)25(29)34-26(2,3)4/h13,15,30H,6-12,14,16-24H2,1-5H3/b15-13+/t27-/m1/s1. The van der Waals surface area contributed by atoms with E-state index >= 15 is 0 Å². The Balaban J connectivity index is 2.28. The number of unbranched alkanes of at least 4 members (excludes halogenated alkanes) is 8. The maximum Gasteiger partial charge on any atom is 0.339 e. The first-order valence-corrected chi connectivity index (χ1v) is 13.5. The molecule has 0 aromatic carbocycles. The Kier molecular flexibility index (Phi) is 15.2. The molecule has 34 heavy (non-hydrogen) atoms. The summed E-state index contributed by atoms with van der Waals surface area (Å²) in [5, 5.41) is 10.8. The average molecular weight is 485 g/mol. The van der Waals surface area contributed by atoms with Gasteiger partial charge in [-0.1, -0.05) is 57.6 Å². The molecule has 1 aliphatic rings. The number of ether oxygens (including phenoxy) is 4. The number of aliphatic hydroxyl groups is 1. The van der Waals surface area contributed by atoms with Crippen LogP contribution in [0.2, 0.25) is 0 Å². The first kappa shape index (κ1) is 31.1. The zero-order valence-corrected chi connectivity index (χ0v) is 22.7. The van der Waals surface area contributed by atoms with Crippen molar-refractivity contribution in [3.05, 3.63) is 12.2 Å². The topological polar surface area (TPSA) is 74.2 Å². The van der Waals surface area contributed by atoms with Crippen LogP contribution in [0.5, 0.6) is 0 Å². The van der Waals surface area contributed by atoms with Crippen molar-refractivity contribution in [2.45, 2.75) is 135 Å². The van der Waals surface area contributed by atoms with Gasteiger partial charge in [0.1, 0.15) is 5.60 Å². The van der Waals surface area contributed by atoms with E-state index in [1.54, 1.807) is 27.9 Å². The summed E-state index contributed by atoms with van der Waals surface area (Å²) in [5.74, 6) is -0.919. The van der Waals surface area contributed by atoms with Gasteiger partial charge in [0.25, 0.3) is 0 Å². The average Bonchev–Trinajstić information content (AvgIpc) is 3.24. The van der Waals surface area contributed by atoms with Gasteiger partial charge >= 0.3 is 5.97 Å². The highest BCUT2D eigenvalue weighted by Crippen LogP contribution is 2.32.